The maximum atomic E-state index is 13.4. The molecular formula is C28H32N2O5S. The molecule has 7 nitrogen and oxygen atoms in total. The number of nitrogens with one attached hydrogen (secondary N) is 2. The minimum Gasteiger partial charge on any atom is -0.351 e. The fourth-order valence-electron chi connectivity index (χ4n) is 3.71. The highest BCUT2D eigenvalue weighted by atomic mass is 32.2. The highest BCUT2D eigenvalue weighted by molar-refractivity contribution is 7.85. The second-order valence-corrected chi connectivity index (χ2v) is 11.1. The Morgan fingerprint density at radius 3 is 2.31 bits per heavy atom. The van der Waals surface area contributed by atoms with Crippen LogP contribution in [0.25, 0.3) is 0 Å². The fourth-order valence-corrected chi connectivity index (χ4v) is 4.07. The molecule has 0 aromatic heterocycles. The summed E-state index contributed by atoms with van der Waals surface area (Å²) in [6, 6.07) is 14.5. The summed E-state index contributed by atoms with van der Waals surface area (Å²) in [5, 5.41) is 5.48. The summed E-state index contributed by atoms with van der Waals surface area (Å²) in [6.07, 6.45) is 10.5. The van der Waals surface area contributed by atoms with Crippen molar-refractivity contribution >= 4 is 27.6 Å². The zero-order valence-corrected chi connectivity index (χ0v) is 21.5. The van der Waals surface area contributed by atoms with Gasteiger partial charge in [0.2, 0.25) is 5.91 Å². The van der Waals surface area contributed by atoms with Crippen molar-refractivity contribution in [1.29, 1.82) is 0 Å². The average molecular weight is 509 g/mol. The number of rotatable bonds is 9. The Hall–Kier alpha value is -3.49. The van der Waals surface area contributed by atoms with E-state index in [0.29, 0.717) is 12.0 Å². The smallest absolute Gasteiger partial charge is 0.266 e. The van der Waals surface area contributed by atoms with E-state index in [0.717, 1.165) is 22.4 Å². The van der Waals surface area contributed by atoms with Gasteiger partial charge in [0, 0.05) is 23.2 Å². The number of hydrogen-bond acceptors (Lipinski definition) is 4. The second kappa shape index (κ2) is 11.5. The van der Waals surface area contributed by atoms with Crippen molar-refractivity contribution in [1.82, 2.24) is 5.32 Å². The molecule has 0 spiro atoms. The van der Waals surface area contributed by atoms with Crippen LogP contribution in [0.5, 0.6) is 0 Å². The minimum atomic E-state index is -4.14. The number of carbonyl (C=O) groups excluding carboxylic acids is 2. The maximum absolute atomic E-state index is 13.4. The molecule has 8 heteroatoms. The van der Waals surface area contributed by atoms with E-state index < -0.39 is 27.7 Å². The molecule has 2 aromatic carbocycles. The summed E-state index contributed by atoms with van der Waals surface area (Å²) in [6.45, 7) is 5.99. The van der Waals surface area contributed by atoms with Gasteiger partial charge in [-0.2, -0.15) is 8.42 Å². The van der Waals surface area contributed by atoms with E-state index in [2.05, 4.69) is 36.6 Å². The number of carbonyl (C=O) groups is 2. The largest absolute Gasteiger partial charge is 0.351 e. The zero-order valence-electron chi connectivity index (χ0n) is 20.7. The summed E-state index contributed by atoms with van der Waals surface area (Å²) in [4.78, 5) is 25.7. The van der Waals surface area contributed by atoms with E-state index in [9.17, 15) is 18.0 Å². The molecule has 1 atom stereocenters. The minimum absolute atomic E-state index is 0.124. The molecule has 3 N–H and O–H groups in total. The SMILES string of the molecule is Cc1ccc(NC(=O)C(Cc2ccc(C(=O)NCCS(=O)(=O)O)cc2)C2=CC=CC(C)(C)C=C2)cc1. The fraction of sp³-hybridized carbons (Fsp3) is 0.286. The first-order chi connectivity index (χ1) is 16.9. The third-order valence-corrected chi connectivity index (χ3v) is 6.58. The van der Waals surface area contributed by atoms with Crippen LogP contribution in [0.4, 0.5) is 5.69 Å². The van der Waals surface area contributed by atoms with E-state index in [1.54, 1.807) is 24.3 Å². The third kappa shape index (κ3) is 8.32. The number of benzene rings is 2. The average Bonchev–Trinajstić information content (AvgIpc) is 2.98. The molecule has 3 rings (SSSR count). The van der Waals surface area contributed by atoms with Crippen LogP contribution in [0.15, 0.2) is 84.5 Å². The number of aryl methyl sites for hydroxylation is 1. The van der Waals surface area contributed by atoms with Crippen LogP contribution >= 0.6 is 0 Å². The van der Waals surface area contributed by atoms with Gasteiger partial charge in [0.15, 0.2) is 0 Å². The summed E-state index contributed by atoms with van der Waals surface area (Å²) in [5.74, 6) is -1.59. The van der Waals surface area contributed by atoms with Crippen LogP contribution in [-0.2, 0) is 21.3 Å². The van der Waals surface area contributed by atoms with Gasteiger partial charge in [-0.1, -0.05) is 74.1 Å². The lowest BCUT2D eigenvalue weighted by Crippen LogP contribution is -2.29. The molecule has 0 saturated carbocycles. The van der Waals surface area contributed by atoms with Crippen molar-refractivity contribution in [2.24, 2.45) is 11.3 Å². The lowest BCUT2D eigenvalue weighted by atomic mass is 9.88. The Morgan fingerprint density at radius 1 is 1.00 bits per heavy atom. The van der Waals surface area contributed by atoms with E-state index in [1.165, 1.54) is 0 Å². The van der Waals surface area contributed by atoms with Gasteiger partial charge in [-0.3, -0.25) is 14.1 Å². The monoisotopic (exact) mass is 508 g/mol. The van der Waals surface area contributed by atoms with Gasteiger partial charge in [-0.05, 0) is 48.7 Å². The number of anilines is 1. The Morgan fingerprint density at radius 2 is 1.67 bits per heavy atom. The first-order valence-electron chi connectivity index (χ1n) is 11.7. The molecule has 0 radical (unpaired) electrons. The molecule has 2 aromatic rings. The van der Waals surface area contributed by atoms with Crippen LogP contribution in [0, 0.1) is 18.3 Å². The standard InChI is InChI=1S/C28H32N2O5S/c1-20-6-12-24(13-7-20)30-27(32)25(22-5-4-15-28(2,3)16-14-22)19-21-8-10-23(11-9-21)26(31)29-17-18-36(33,34)35/h4-16,25H,17-19H2,1-3H3,(H,29,31)(H,30,32)(H,33,34,35). The summed E-state index contributed by atoms with van der Waals surface area (Å²) >= 11 is 0. The van der Waals surface area contributed by atoms with Crippen LogP contribution in [0.1, 0.15) is 35.3 Å². The first-order valence-corrected chi connectivity index (χ1v) is 13.3. The zero-order chi connectivity index (χ0) is 26.3. The number of allylic oxidation sites excluding steroid dienone is 5. The molecule has 0 heterocycles. The molecule has 0 aliphatic heterocycles. The van der Waals surface area contributed by atoms with Gasteiger partial charge in [0.25, 0.3) is 16.0 Å². The van der Waals surface area contributed by atoms with Crippen LogP contribution in [0.3, 0.4) is 0 Å². The third-order valence-electron chi connectivity index (χ3n) is 5.86. The van der Waals surface area contributed by atoms with Crippen molar-refractivity contribution in [3.8, 4) is 0 Å². The van der Waals surface area contributed by atoms with Gasteiger partial charge in [0.05, 0.1) is 11.7 Å². The van der Waals surface area contributed by atoms with Crippen LogP contribution in [-0.4, -0.2) is 37.1 Å². The normalized spacial score (nSPS) is 15.5. The maximum Gasteiger partial charge on any atom is 0.266 e. The Kier molecular flexibility index (Phi) is 8.66. The molecular weight excluding hydrogens is 476 g/mol. The second-order valence-electron chi connectivity index (χ2n) is 9.53. The van der Waals surface area contributed by atoms with Crippen molar-refractivity contribution in [2.45, 2.75) is 27.2 Å². The molecule has 1 unspecified atom stereocenters. The van der Waals surface area contributed by atoms with Gasteiger partial charge >= 0.3 is 0 Å². The van der Waals surface area contributed by atoms with Crippen molar-refractivity contribution < 1.29 is 22.6 Å². The number of hydrogen-bond donors (Lipinski definition) is 3. The van der Waals surface area contributed by atoms with Crippen molar-refractivity contribution in [2.75, 3.05) is 17.6 Å². The van der Waals surface area contributed by atoms with Gasteiger partial charge in [-0.25, -0.2) is 0 Å². The topological polar surface area (TPSA) is 113 Å². The molecule has 1 aliphatic rings. The molecule has 190 valence electrons. The van der Waals surface area contributed by atoms with Gasteiger partial charge < -0.3 is 10.6 Å². The molecule has 0 bridgehead atoms. The Bertz CT molecular complexity index is 1290. The highest BCUT2D eigenvalue weighted by Gasteiger charge is 2.24. The van der Waals surface area contributed by atoms with E-state index >= 15 is 0 Å². The summed E-state index contributed by atoms with van der Waals surface area (Å²) in [5.41, 5.74) is 3.81. The molecule has 0 fully saturated rings. The van der Waals surface area contributed by atoms with E-state index in [-0.39, 0.29) is 17.9 Å². The van der Waals surface area contributed by atoms with Crippen molar-refractivity contribution in [3.63, 3.8) is 0 Å². The van der Waals surface area contributed by atoms with Crippen LogP contribution in [0.2, 0.25) is 0 Å². The highest BCUT2D eigenvalue weighted by Crippen LogP contribution is 2.28. The molecule has 2 amide bonds. The summed E-state index contributed by atoms with van der Waals surface area (Å²) < 4.78 is 30.5. The Balaban J connectivity index is 1.78. The molecule has 1 aliphatic carbocycles. The van der Waals surface area contributed by atoms with E-state index in [1.807, 2.05) is 49.4 Å². The quantitative estimate of drug-likeness (QED) is 0.432. The number of amides is 2. The van der Waals surface area contributed by atoms with Crippen molar-refractivity contribution in [3.05, 3.63) is 101 Å². The summed E-state index contributed by atoms with van der Waals surface area (Å²) in [7, 11) is -4.14. The molecule has 0 saturated heterocycles. The lowest BCUT2D eigenvalue weighted by molar-refractivity contribution is -0.118. The predicted molar refractivity (Wildman–Crippen MR) is 142 cm³/mol. The lowest BCUT2D eigenvalue weighted by Gasteiger charge is -2.19. The first kappa shape index (κ1) is 27.1. The Labute approximate surface area is 212 Å². The van der Waals surface area contributed by atoms with Gasteiger partial charge in [-0.15, -0.1) is 0 Å². The predicted octanol–water partition coefficient (Wildman–Crippen LogP) is 4.49. The molecule has 36 heavy (non-hydrogen) atoms. The van der Waals surface area contributed by atoms with E-state index in [4.69, 9.17) is 4.55 Å². The van der Waals surface area contributed by atoms with Crippen LogP contribution < -0.4 is 10.6 Å². The van der Waals surface area contributed by atoms with Gasteiger partial charge in [0.1, 0.15) is 0 Å².